The minimum atomic E-state index is -0.0925. The number of nitrogens with zero attached hydrogens (tertiary/aromatic N) is 2. The predicted molar refractivity (Wildman–Crippen MR) is 91.4 cm³/mol. The van der Waals surface area contributed by atoms with E-state index in [9.17, 15) is 0 Å². The molecule has 0 radical (unpaired) electrons. The number of hydrogen-bond acceptors (Lipinski definition) is 6. The van der Waals surface area contributed by atoms with Crippen molar-refractivity contribution in [3.8, 4) is 5.75 Å². The van der Waals surface area contributed by atoms with Crippen LogP contribution in [0.15, 0.2) is 34.9 Å². The molecule has 2 aliphatic rings. The second-order valence-corrected chi connectivity index (χ2v) is 6.86. The number of rotatable bonds is 7. The predicted octanol–water partition coefficient (Wildman–Crippen LogP) is 2.32. The van der Waals surface area contributed by atoms with Crippen molar-refractivity contribution in [1.29, 1.82) is 0 Å². The van der Waals surface area contributed by atoms with Gasteiger partial charge in [0.1, 0.15) is 19.0 Å². The maximum atomic E-state index is 9.03. The van der Waals surface area contributed by atoms with Crippen LogP contribution in [0.2, 0.25) is 0 Å². The van der Waals surface area contributed by atoms with E-state index in [0.29, 0.717) is 18.3 Å². The van der Waals surface area contributed by atoms with Crippen molar-refractivity contribution in [1.82, 2.24) is 10.1 Å². The van der Waals surface area contributed by atoms with E-state index in [1.54, 1.807) is 0 Å². The molecule has 1 aromatic heterocycles. The maximum absolute atomic E-state index is 9.03. The third-order valence-electron chi connectivity index (χ3n) is 4.90. The zero-order valence-corrected chi connectivity index (χ0v) is 14.3. The highest BCUT2D eigenvalue weighted by Gasteiger charge is 2.30. The average Bonchev–Trinajstić information content (AvgIpc) is 3.28. The Morgan fingerprint density at radius 2 is 2.08 bits per heavy atom. The molecule has 1 unspecified atom stereocenters. The monoisotopic (exact) mass is 344 g/mol. The third kappa shape index (κ3) is 4.03. The van der Waals surface area contributed by atoms with Crippen LogP contribution in [0.25, 0.3) is 0 Å². The van der Waals surface area contributed by atoms with E-state index in [4.69, 9.17) is 19.1 Å². The van der Waals surface area contributed by atoms with Crippen LogP contribution in [-0.4, -0.2) is 47.6 Å². The molecule has 6 nitrogen and oxygen atoms in total. The molecule has 1 atom stereocenters. The van der Waals surface area contributed by atoms with Gasteiger partial charge >= 0.3 is 0 Å². The van der Waals surface area contributed by atoms with E-state index in [1.165, 1.54) is 5.56 Å². The highest BCUT2D eigenvalue weighted by molar-refractivity contribution is 5.27. The molecule has 4 rings (SSSR count). The fourth-order valence-corrected chi connectivity index (χ4v) is 3.40. The van der Waals surface area contributed by atoms with Gasteiger partial charge in [-0.15, -0.1) is 0 Å². The van der Waals surface area contributed by atoms with E-state index >= 15 is 0 Å². The Bertz CT molecular complexity index is 673. The molecule has 2 fully saturated rings. The Labute approximate surface area is 147 Å². The summed E-state index contributed by atoms with van der Waals surface area (Å²) in [7, 11) is 0. The van der Waals surface area contributed by atoms with Crippen LogP contribution in [0.5, 0.6) is 5.75 Å². The smallest absolute Gasteiger partial charge is 0.162 e. The molecule has 6 heteroatoms. The van der Waals surface area contributed by atoms with Gasteiger partial charge in [0.25, 0.3) is 0 Å². The lowest BCUT2D eigenvalue weighted by atomic mass is 9.95. The molecule has 0 spiro atoms. The summed E-state index contributed by atoms with van der Waals surface area (Å²) in [5.41, 5.74) is 2.22. The van der Waals surface area contributed by atoms with Gasteiger partial charge in [-0.2, -0.15) is 0 Å². The van der Waals surface area contributed by atoms with Gasteiger partial charge < -0.3 is 19.1 Å². The van der Waals surface area contributed by atoms with Crippen LogP contribution >= 0.6 is 0 Å². The lowest BCUT2D eigenvalue weighted by molar-refractivity contribution is 0.0679. The molecular weight excluding hydrogens is 320 g/mol. The largest absolute Gasteiger partial charge is 0.491 e. The van der Waals surface area contributed by atoms with Crippen molar-refractivity contribution in [3.05, 3.63) is 47.3 Å². The van der Waals surface area contributed by atoms with Crippen molar-refractivity contribution in [2.45, 2.75) is 38.0 Å². The molecule has 25 heavy (non-hydrogen) atoms. The summed E-state index contributed by atoms with van der Waals surface area (Å²) in [6.45, 7) is 4.27. The standard InChI is InChI=1S/C19H24N2O4/c22-12-18-8-19(20-25-18)15-10-21(11-15)9-14-3-5-16(6-4-14)24-13-17-2-1-7-23-17/h3-6,8,15,17,22H,1-2,7,9-13H2. The molecule has 2 saturated heterocycles. The first-order valence-electron chi connectivity index (χ1n) is 8.92. The van der Waals surface area contributed by atoms with Gasteiger partial charge in [0.05, 0.1) is 11.8 Å². The van der Waals surface area contributed by atoms with Crippen molar-refractivity contribution >= 4 is 0 Å². The first kappa shape index (κ1) is 16.6. The van der Waals surface area contributed by atoms with Gasteiger partial charge in [-0.3, -0.25) is 4.90 Å². The molecule has 0 aliphatic carbocycles. The average molecular weight is 344 g/mol. The number of ether oxygens (including phenoxy) is 2. The van der Waals surface area contributed by atoms with Crippen molar-refractivity contribution in [3.63, 3.8) is 0 Å². The van der Waals surface area contributed by atoms with Crippen LogP contribution in [0, 0.1) is 0 Å². The Morgan fingerprint density at radius 3 is 2.76 bits per heavy atom. The lowest BCUT2D eigenvalue weighted by Crippen LogP contribution is -2.44. The minimum Gasteiger partial charge on any atom is -0.491 e. The fourth-order valence-electron chi connectivity index (χ4n) is 3.40. The number of benzene rings is 1. The summed E-state index contributed by atoms with van der Waals surface area (Å²) in [6.07, 6.45) is 2.49. The number of aliphatic hydroxyl groups is 1. The number of hydrogen-bond donors (Lipinski definition) is 1. The van der Waals surface area contributed by atoms with Crippen molar-refractivity contribution in [2.24, 2.45) is 0 Å². The van der Waals surface area contributed by atoms with E-state index in [0.717, 1.165) is 50.5 Å². The van der Waals surface area contributed by atoms with Gasteiger partial charge in [0.2, 0.25) is 0 Å². The molecule has 134 valence electrons. The van der Waals surface area contributed by atoms with Crippen LogP contribution in [0.3, 0.4) is 0 Å². The van der Waals surface area contributed by atoms with Crippen molar-refractivity contribution in [2.75, 3.05) is 26.3 Å². The van der Waals surface area contributed by atoms with Gasteiger partial charge in [-0.25, -0.2) is 0 Å². The Hall–Kier alpha value is -1.89. The summed E-state index contributed by atoms with van der Waals surface area (Å²) in [5, 5.41) is 13.1. The molecule has 2 aliphatic heterocycles. The summed E-state index contributed by atoms with van der Waals surface area (Å²) in [4.78, 5) is 2.38. The minimum absolute atomic E-state index is 0.0925. The van der Waals surface area contributed by atoms with E-state index < -0.39 is 0 Å². The van der Waals surface area contributed by atoms with Gasteiger partial charge in [-0.05, 0) is 30.5 Å². The van der Waals surface area contributed by atoms with Crippen LogP contribution in [0.1, 0.15) is 35.8 Å². The molecule has 1 N–H and O–H groups in total. The molecule has 0 amide bonds. The maximum Gasteiger partial charge on any atom is 0.162 e. The highest BCUT2D eigenvalue weighted by Crippen LogP contribution is 2.28. The number of aromatic nitrogens is 1. The van der Waals surface area contributed by atoms with Crippen LogP contribution in [-0.2, 0) is 17.9 Å². The summed E-state index contributed by atoms with van der Waals surface area (Å²) < 4.78 is 16.4. The van der Waals surface area contributed by atoms with Gasteiger partial charge in [0.15, 0.2) is 5.76 Å². The van der Waals surface area contributed by atoms with Crippen molar-refractivity contribution < 1.29 is 19.1 Å². The molecular formula is C19H24N2O4. The van der Waals surface area contributed by atoms with E-state index in [1.807, 2.05) is 18.2 Å². The normalized spacial score (nSPS) is 21.4. The van der Waals surface area contributed by atoms with Crippen LogP contribution < -0.4 is 4.74 Å². The zero-order chi connectivity index (χ0) is 17.1. The first-order valence-corrected chi connectivity index (χ1v) is 8.92. The number of likely N-dealkylation sites (tertiary alicyclic amines) is 1. The molecule has 1 aromatic carbocycles. The highest BCUT2D eigenvalue weighted by atomic mass is 16.5. The van der Waals surface area contributed by atoms with E-state index in [2.05, 4.69) is 22.2 Å². The summed E-state index contributed by atoms with van der Waals surface area (Å²) in [5.74, 6) is 1.84. The quantitative estimate of drug-likeness (QED) is 0.831. The molecule has 3 heterocycles. The topological polar surface area (TPSA) is 68.0 Å². The fraction of sp³-hybridized carbons (Fsp3) is 0.526. The zero-order valence-electron chi connectivity index (χ0n) is 14.3. The molecule has 0 bridgehead atoms. The molecule has 2 aromatic rings. The summed E-state index contributed by atoms with van der Waals surface area (Å²) in [6, 6.07) is 10.2. The van der Waals surface area contributed by atoms with E-state index in [-0.39, 0.29) is 12.7 Å². The second-order valence-electron chi connectivity index (χ2n) is 6.86. The van der Waals surface area contributed by atoms with Crippen LogP contribution in [0.4, 0.5) is 0 Å². The van der Waals surface area contributed by atoms with Gasteiger partial charge in [-0.1, -0.05) is 17.3 Å². The number of aliphatic hydroxyl groups excluding tert-OH is 1. The summed E-state index contributed by atoms with van der Waals surface area (Å²) >= 11 is 0. The first-order chi connectivity index (χ1) is 12.3. The Morgan fingerprint density at radius 1 is 1.24 bits per heavy atom. The Balaban J connectivity index is 1.22. The third-order valence-corrected chi connectivity index (χ3v) is 4.90. The molecule has 0 saturated carbocycles. The second kappa shape index (κ2) is 7.56. The Kier molecular flexibility index (Phi) is 5.01. The van der Waals surface area contributed by atoms with Gasteiger partial charge in [0, 0.05) is 38.2 Å². The SMILES string of the molecule is OCc1cc(C2CN(Cc3ccc(OCC4CCCO4)cc3)C2)no1. The lowest BCUT2D eigenvalue weighted by Gasteiger charge is -2.38.